The molecule has 1 aromatic heterocycles. The summed E-state index contributed by atoms with van der Waals surface area (Å²) in [7, 11) is 0. The highest BCUT2D eigenvalue weighted by Gasteiger charge is 2.21. The quantitative estimate of drug-likeness (QED) is 0.941. The molecule has 21 heavy (non-hydrogen) atoms. The van der Waals surface area contributed by atoms with Crippen LogP contribution in [0.5, 0.6) is 5.75 Å². The molecule has 0 fully saturated rings. The number of benzene rings is 1. The van der Waals surface area contributed by atoms with Crippen LogP contribution in [0.4, 0.5) is 0 Å². The molecule has 0 radical (unpaired) electrons. The summed E-state index contributed by atoms with van der Waals surface area (Å²) in [6.45, 7) is 5.57. The van der Waals surface area contributed by atoms with Gasteiger partial charge in [0.1, 0.15) is 5.75 Å². The van der Waals surface area contributed by atoms with E-state index in [-0.39, 0.29) is 12.5 Å². The zero-order chi connectivity index (χ0) is 14.8. The fourth-order valence-electron chi connectivity index (χ4n) is 2.75. The third-order valence-corrected chi connectivity index (χ3v) is 3.96. The number of fused-ring (bicyclic) bond motifs is 1. The van der Waals surface area contributed by atoms with E-state index in [0.717, 1.165) is 24.3 Å². The first kappa shape index (κ1) is 13.7. The Balaban J connectivity index is 1.60. The van der Waals surface area contributed by atoms with E-state index in [9.17, 15) is 4.79 Å². The molecule has 4 heteroatoms. The standard InChI is InChI=1S/C17H20N2O2/c1-12-3-4-16(13(2)9-12)21-11-17(20)19-8-6-15-14(10-19)5-7-18-15/h3-5,7,9,18H,6,8,10-11H2,1-2H3. The van der Waals surface area contributed by atoms with Crippen LogP contribution >= 0.6 is 0 Å². The number of carbonyl (C=O) groups is 1. The van der Waals surface area contributed by atoms with Gasteiger partial charge in [-0.2, -0.15) is 0 Å². The lowest BCUT2D eigenvalue weighted by Gasteiger charge is -2.27. The second-order valence-electron chi connectivity index (χ2n) is 5.60. The van der Waals surface area contributed by atoms with Gasteiger partial charge in [-0.15, -0.1) is 0 Å². The number of ether oxygens (including phenoxy) is 1. The third kappa shape index (κ3) is 2.94. The van der Waals surface area contributed by atoms with Crippen molar-refractivity contribution in [2.45, 2.75) is 26.8 Å². The number of H-pyrrole nitrogens is 1. The summed E-state index contributed by atoms with van der Waals surface area (Å²) in [5, 5.41) is 0. The predicted octanol–water partition coefficient (Wildman–Crippen LogP) is 2.60. The van der Waals surface area contributed by atoms with Gasteiger partial charge in [0.2, 0.25) is 0 Å². The van der Waals surface area contributed by atoms with E-state index in [1.807, 2.05) is 43.1 Å². The monoisotopic (exact) mass is 284 g/mol. The van der Waals surface area contributed by atoms with E-state index >= 15 is 0 Å². The summed E-state index contributed by atoms with van der Waals surface area (Å²) in [6, 6.07) is 8.03. The minimum absolute atomic E-state index is 0.0434. The fourth-order valence-corrected chi connectivity index (χ4v) is 2.75. The molecule has 4 nitrogen and oxygen atoms in total. The van der Waals surface area contributed by atoms with Gasteiger partial charge in [0, 0.05) is 31.4 Å². The largest absolute Gasteiger partial charge is 0.484 e. The molecule has 0 unspecified atom stereocenters. The van der Waals surface area contributed by atoms with Crippen LogP contribution in [0.15, 0.2) is 30.5 Å². The smallest absolute Gasteiger partial charge is 0.260 e. The van der Waals surface area contributed by atoms with Crippen molar-refractivity contribution in [1.29, 1.82) is 0 Å². The molecular weight excluding hydrogens is 264 g/mol. The van der Waals surface area contributed by atoms with Crippen molar-refractivity contribution >= 4 is 5.91 Å². The zero-order valence-corrected chi connectivity index (χ0v) is 12.5. The van der Waals surface area contributed by atoms with E-state index in [2.05, 4.69) is 11.1 Å². The highest BCUT2D eigenvalue weighted by Crippen LogP contribution is 2.20. The molecule has 2 heterocycles. The van der Waals surface area contributed by atoms with Gasteiger partial charge >= 0.3 is 0 Å². The van der Waals surface area contributed by atoms with Crippen molar-refractivity contribution in [2.24, 2.45) is 0 Å². The summed E-state index contributed by atoms with van der Waals surface area (Å²) in [5.41, 5.74) is 4.71. The first-order valence-corrected chi connectivity index (χ1v) is 7.26. The van der Waals surface area contributed by atoms with E-state index in [4.69, 9.17) is 4.74 Å². The Morgan fingerprint density at radius 1 is 1.33 bits per heavy atom. The molecule has 0 atom stereocenters. The lowest BCUT2D eigenvalue weighted by Crippen LogP contribution is -2.38. The van der Waals surface area contributed by atoms with Crippen LogP contribution in [0.25, 0.3) is 0 Å². The molecule has 1 aromatic carbocycles. The van der Waals surface area contributed by atoms with Crippen molar-refractivity contribution in [3.05, 3.63) is 52.8 Å². The number of carbonyl (C=O) groups excluding carboxylic acids is 1. The molecule has 0 saturated heterocycles. The number of amides is 1. The maximum absolute atomic E-state index is 12.3. The topological polar surface area (TPSA) is 45.3 Å². The van der Waals surface area contributed by atoms with Crippen molar-refractivity contribution < 1.29 is 9.53 Å². The average molecular weight is 284 g/mol. The molecule has 1 amide bonds. The second-order valence-corrected chi connectivity index (χ2v) is 5.60. The van der Waals surface area contributed by atoms with Crippen LogP contribution in [0, 0.1) is 13.8 Å². The Hall–Kier alpha value is -2.23. The third-order valence-electron chi connectivity index (χ3n) is 3.96. The Morgan fingerprint density at radius 2 is 2.19 bits per heavy atom. The zero-order valence-electron chi connectivity index (χ0n) is 12.5. The average Bonchev–Trinajstić information content (AvgIpc) is 2.93. The van der Waals surface area contributed by atoms with Gasteiger partial charge in [-0.25, -0.2) is 0 Å². The molecule has 0 saturated carbocycles. The van der Waals surface area contributed by atoms with Crippen LogP contribution in [0.3, 0.4) is 0 Å². The number of nitrogens with zero attached hydrogens (tertiary/aromatic N) is 1. The van der Waals surface area contributed by atoms with Crippen molar-refractivity contribution in [3.63, 3.8) is 0 Å². The molecule has 1 N–H and O–H groups in total. The highest BCUT2D eigenvalue weighted by atomic mass is 16.5. The van der Waals surface area contributed by atoms with Gasteiger partial charge in [0.05, 0.1) is 0 Å². The lowest BCUT2D eigenvalue weighted by molar-refractivity contribution is -0.134. The fraction of sp³-hybridized carbons (Fsp3) is 0.353. The number of aromatic amines is 1. The van der Waals surface area contributed by atoms with E-state index < -0.39 is 0 Å². The molecule has 0 spiro atoms. The summed E-state index contributed by atoms with van der Waals surface area (Å²) < 4.78 is 5.68. The number of nitrogens with one attached hydrogen (secondary N) is 1. The first-order chi connectivity index (χ1) is 10.1. The summed E-state index contributed by atoms with van der Waals surface area (Å²) in [4.78, 5) is 17.4. The van der Waals surface area contributed by atoms with Gasteiger partial charge in [-0.1, -0.05) is 17.7 Å². The first-order valence-electron chi connectivity index (χ1n) is 7.26. The van der Waals surface area contributed by atoms with Crippen LogP contribution in [0.1, 0.15) is 22.4 Å². The number of hydrogen-bond donors (Lipinski definition) is 1. The Morgan fingerprint density at radius 3 is 3.00 bits per heavy atom. The van der Waals surface area contributed by atoms with Gasteiger partial charge in [0.15, 0.2) is 6.61 Å². The van der Waals surface area contributed by atoms with Crippen molar-refractivity contribution in [2.75, 3.05) is 13.2 Å². The number of rotatable bonds is 3. The summed E-state index contributed by atoms with van der Waals surface area (Å²) in [5.74, 6) is 0.829. The number of hydrogen-bond acceptors (Lipinski definition) is 2. The minimum atomic E-state index is 0.0434. The molecule has 110 valence electrons. The maximum Gasteiger partial charge on any atom is 0.260 e. The van der Waals surface area contributed by atoms with Crippen LogP contribution < -0.4 is 4.74 Å². The molecule has 1 aliphatic rings. The minimum Gasteiger partial charge on any atom is -0.484 e. The SMILES string of the molecule is Cc1ccc(OCC(=O)N2CCc3[nH]ccc3C2)c(C)c1. The van der Waals surface area contributed by atoms with Crippen molar-refractivity contribution in [3.8, 4) is 5.75 Å². The Bertz CT molecular complexity index is 661. The Labute approximate surface area is 124 Å². The van der Waals surface area contributed by atoms with E-state index in [1.54, 1.807) is 0 Å². The Kier molecular flexibility index (Phi) is 3.69. The molecule has 3 rings (SSSR count). The van der Waals surface area contributed by atoms with E-state index in [1.165, 1.54) is 16.8 Å². The van der Waals surface area contributed by atoms with Crippen LogP contribution in [0.2, 0.25) is 0 Å². The number of aryl methyl sites for hydroxylation is 2. The van der Waals surface area contributed by atoms with Crippen LogP contribution in [-0.2, 0) is 17.8 Å². The number of aromatic nitrogens is 1. The van der Waals surface area contributed by atoms with Gasteiger partial charge < -0.3 is 14.6 Å². The predicted molar refractivity (Wildman–Crippen MR) is 81.3 cm³/mol. The van der Waals surface area contributed by atoms with Gasteiger partial charge in [-0.05, 0) is 37.1 Å². The van der Waals surface area contributed by atoms with Crippen LogP contribution in [-0.4, -0.2) is 28.9 Å². The molecular formula is C17H20N2O2. The normalized spacial score (nSPS) is 13.9. The highest BCUT2D eigenvalue weighted by molar-refractivity contribution is 5.78. The van der Waals surface area contributed by atoms with Gasteiger partial charge in [0.25, 0.3) is 5.91 Å². The van der Waals surface area contributed by atoms with E-state index in [0.29, 0.717) is 6.54 Å². The molecule has 0 bridgehead atoms. The van der Waals surface area contributed by atoms with Crippen molar-refractivity contribution in [1.82, 2.24) is 9.88 Å². The second kappa shape index (κ2) is 5.64. The lowest BCUT2D eigenvalue weighted by atomic mass is 10.1. The van der Waals surface area contributed by atoms with Gasteiger partial charge in [-0.3, -0.25) is 4.79 Å². The molecule has 0 aliphatic carbocycles. The maximum atomic E-state index is 12.3. The molecule has 1 aliphatic heterocycles. The summed E-state index contributed by atoms with van der Waals surface area (Å²) >= 11 is 0. The molecule has 2 aromatic rings. The summed E-state index contributed by atoms with van der Waals surface area (Å²) in [6.07, 6.45) is 2.82.